The highest BCUT2D eigenvalue weighted by molar-refractivity contribution is 5.89. The van der Waals surface area contributed by atoms with Gasteiger partial charge in [-0.05, 0) is 43.5 Å². The van der Waals surface area contributed by atoms with Crippen molar-refractivity contribution < 1.29 is 27.9 Å². The average molecular weight is 330 g/mol. The maximum Gasteiger partial charge on any atom is 0.416 e. The third-order valence-corrected chi connectivity index (χ3v) is 3.91. The number of carboxylic acid groups (broad SMARTS) is 1. The van der Waals surface area contributed by atoms with Gasteiger partial charge in [0.2, 0.25) is 0 Å². The largest absolute Gasteiger partial charge is 0.481 e. The molecule has 0 spiro atoms. The van der Waals surface area contributed by atoms with Crippen LogP contribution >= 0.6 is 0 Å². The Bertz CT molecular complexity index is 608. The summed E-state index contributed by atoms with van der Waals surface area (Å²) in [7, 11) is 0. The van der Waals surface area contributed by atoms with Gasteiger partial charge in [-0.15, -0.1) is 0 Å². The van der Waals surface area contributed by atoms with E-state index in [4.69, 9.17) is 5.11 Å². The molecule has 1 fully saturated rings. The number of amides is 2. The first kappa shape index (κ1) is 17.1. The van der Waals surface area contributed by atoms with E-state index in [1.54, 1.807) is 0 Å². The van der Waals surface area contributed by atoms with Crippen molar-refractivity contribution in [3.05, 3.63) is 29.3 Å². The highest BCUT2D eigenvalue weighted by Gasteiger charge is 2.32. The van der Waals surface area contributed by atoms with Gasteiger partial charge in [-0.3, -0.25) is 4.79 Å². The molecular formula is C15H17F3N2O3. The quantitative estimate of drug-likeness (QED) is 0.874. The lowest BCUT2D eigenvalue weighted by Gasteiger charge is -2.30. The molecular weight excluding hydrogens is 313 g/mol. The van der Waals surface area contributed by atoms with E-state index < -0.39 is 29.7 Å². The minimum atomic E-state index is -4.43. The summed E-state index contributed by atoms with van der Waals surface area (Å²) < 4.78 is 38.1. The number of nitrogens with zero attached hydrogens (tertiary/aromatic N) is 1. The van der Waals surface area contributed by atoms with E-state index in [9.17, 15) is 22.8 Å². The first-order valence-electron chi connectivity index (χ1n) is 7.15. The first-order valence-corrected chi connectivity index (χ1v) is 7.15. The van der Waals surface area contributed by atoms with Crippen LogP contribution in [0.15, 0.2) is 18.2 Å². The molecule has 1 aromatic rings. The molecule has 0 unspecified atom stereocenters. The van der Waals surface area contributed by atoms with Crippen molar-refractivity contribution in [2.45, 2.75) is 25.9 Å². The molecule has 1 saturated heterocycles. The van der Waals surface area contributed by atoms with Gasteiger partial charge in [0.05, 0.1) is 11.5 Å². The third-order valence-electron chi connectivity index (χ3n) is 3.91. The molecule has 1 aliphatic rings. The number of piperidine rings is 1. The van der Waals surface area contributed by atoms with E-state index in [1.165, 1.54) is 24.0 Å². The molecule has 1 aliphatic heterocycles. The summed E-state index contributed by atoms with van der Waals surface area (Å²) in [5.41, 5.74) is -0.432. The number of nitrogens with one attached hydrogen (secondary N) is 1. The number of urea groups is 1. The molecule has 0 aliphatic carbocycles. The highest BCUT2D eigenvalue weighted by Crippen LogP contribution is 2.33. The summed E-state index contributed by atoms with van der Waals surface area (Å²) in [6, 6.07) is 2.97. The summed E-state index contributed by atoms with van der Waals surface area (Å²) in [6.07, 6.45) is -3.69. The van der Waals surface area contributed by atoms with E-state index in [1.807, 2.05) is 0 Å². The van der Waals surface area contributed by atoms with Crippen LogP contribution in [0, 0.1) is 12.8 Å². The molecule has 0 saturated carbocycles. The highest BCUT2D eigenvalue weighted by atomic mass is 19.4. The zero-order valence-corrected chi connectivity index (χ0v) is 12.5. The molecule has 2 rings (SSSR count). The fourth-order valence-electron chi connectivity index (χ4n) is 2.59. The molecule has 0 aromatic heterocycles. The van der Waals surface area contributed by atoms with Crippen LogP contribution in [-0.2, 0) is 11.0 Å². The summed E-state index contributed by atoms with van der Waals surface area (Å²) in [5, 5.41) is 11.5. The first-order chi connectivity index (χ1) is 10.7. The van der Waals surface area contributed by atoms with Gasteiger partial charge < -0.3 is 15.3 Å². The molecule has 5 nitrogen and oxygen atoms in total. The number of aliphatic carboxylic acids is 1. The minimum absolute atomic E-state index is 0.0277. The number of carbonyl (C=O) groups is 2. The number of alkyl halides is 3. The zero-order chi connectivity index (χ0) is 17.2. The molecule has 1 aromatic carbocycles. The number of likely N-dealkylation sites (tertiary alicyclic amines) is 1. The van der Waals surface area contributed by atoms with Crippen LogP contribution in [0.3, 0.4) is 0 Å². The fraction of sp³-hybridized carbons (Fsp3) is 0.467. The molecule has 0 radical (unpaired) electrons. The summed E-state index contributed by atoms with van der Waals surface area (Å²) in [4.78, 5) is 24.4. The lowest BCUT2D eigenvalue weighted by Crippen LogP contribution is -2.42. The maximum absolute atomic E-state index is 12.7. The summed E-state index contributed by atoms with van der Waals surface area (Å²) in [6.45, 7) is 1.95. The predicted molar refractivity (Wildman–Crippen MR) is 77.1 cm³/mol. The predicted octanol–water partition coefficient (Wildman–Crippen LogP) is 3.34. The third kappa shape index (κ3) is 4.14. The second-order valence-corrected chi connectivity index (χ2v) is 5.56. The second kappa shape index (κ2) is 6.47. The Labute approximate surface area is 131 Å². The second-order valence-electron chi connectivity index (χ2n) is 5.56. The molecule has 0 atom stereocenters. The van der Waals surface area contributed by atoms with E-state index in [0.717, 1.165) is 6.07 Å². The number of halogens is 3. The number of hydrogen-bond acceptors (Lipinski definition) is 2. The van der Waals surface area contributed by atoms with Crippen LogP contribution in [0.4, 0.5) is 23.7 Å². The number of carboxylic acids is 1. The molecule has 2 N–H and O–H groups in total. The van der Waals surface area contributed by atoms with Crippen LogP contribution in [0.1, 0.15) is 24.0 Å². The number of anilines is 1. The summed E-state index contributed by atoms with van der Waals surface area (Å²) in [5.74, 6) is -1.32. The van der Waals surface area contributed by atoms with Crippen molar-refractivity contribution in [2.75, 3.05) is 18.4 Å². The van der Waals surface area contributed by atoms with Crippen molar-refractivity contribution in [1.29, 1.82) is 0 Å². The Balaban J connectivity index is 1.99. The van der Waals surface area contributed by atoms with Crippen LogP contribution in [0.5, 0.6) is 0 Å². The van der Waals surface area contributed by atoms with Crippen LogP contribution < -0.4 is 5.32 Å². The van der Waals surface area contributed by atoms with Crippen LogP contribution in [-0.4, -0.2) is 35.1 Å². The number of benzene rings is 1. The van der Waals surface area contributed by atoms with E-state index in [0.29, 0.717) is 25.9 Å². The van der Waals surface area contributed by atoms with Gasteiger partial charge in [0.15, 0.2) is 0 Å². The molecule has 1 heterocycles. The van der Waals surface area contributed by atoms with Gasteiger partial charge in [0.25, 0.3) is 0 Å². The van der Waals surface area contributed by atoms with Gasteiger partial charge in [0.1, 0.15) is 0 Å². The number of rotatable bonds is 2. The zero-order valence-electron chi connectivity index (χ0n) is 12.5. The normalized spacial score (nSPS) is 16.3. The average Bonchev–Trinajstić information content (AvgIpc) is 2.46. The Morgan fingerprint density at radius 1 is 1.26 bits per heavy atom. The maximum atomic E-state index is 12.7. The van der Waals surface area contributed by atoms with Crippen molar-refractivity contribution in [3.8, 4) is 0 Å². The van der Waals surface area contributed by atoms with Gasteiger partial charge >= 0.3 is 18.2 Å². The van der Waals surface area contributed by atoms with Gasteiger partial charge in [-0.25, -0.2) is 4.79 Å². The lowest BCUT2D eigenvalue weighted by molar-refractivity contribution is -0.143. The van der Waals surface area contributed by atoms with Crippen molar-refractivity contribution in [3.63, 3.8) is 0 Å². The minimum Gasteiger partial charge on any atom is -0.481 e. The fourth-order valence-corrected chi connectivity index (χ4v) is 2.59. The molecule has 0 bridgehead atoms. The Hall–Kier alpha value is -2.25. The van der Waals surface area contributed by atoms with E-state index in [2.05, 4.69) is 5.32 Å². The molecule has 2 amide bonds. The SMILES string of the molecule is Cc1cc(NC(=O)N2CCC(C(=O)O)CC2)ccc1C(F)(F)F. The van der Waals surface area contributed by atoms with E-state index >= 15 is 0 Å². The monoisotopic (exact) mass is 330 g/mol. The lowest BCUT2D eigenvalue weighted by atomic mass is 9.97. The molecule has 8 heteroatoms. The van der Waals surface area contributed by atoms with Gasteiger partial charge in [-0.1, -0.05) is 0 Å². The van der Waals surface area contributed by atoms with Crippen molar-refractivity contribution in [1.82, 2.24) is 4.90 Å². The Morgan fingerprint density at radius 2 is 1.87 bits per heavy atom. The molecule has 23 heavy (non-hydrogen) atoms. The van der Waals surface area contributed by atoms with E-state index in [-0.39, 0.29) is 11.3 Å². The molecule has 126 valence electrons. The van der Waals surface area contributed by atoms with Gasteiger partial charge in [0, 0.05) is 18.8 Å². The number of aryl methyl sites for hydroxylation is 1. The summed E-state index contributed by atoms with van der Waals surface area (Å²) >= 11 is 0. The number of carbonyl (C=O) groups excluding carboxylic acids is 1. The Morgan fingerprint density at radius 3 is 2.35 bits per heavy atom. The van der Waals surface area contributed by atoms with Crippen LogP contribution in [0.2, 0.25) is 0 Å². The topological polar surface area (TPSA) is 69.6 Å². The Kier molecular flexibility index (Phi) is 4.82. The standard InChI is InChI=1S/C15H17F3N2O3/c1-9-8-11(2-3-12(9)15(16,17)18)19-14(23)20-6-4-10(5-7-20)13(21)22/h2-3,8,10H,4-7H2,1H3,(H,19,23)(H,21,22). The van der Waals surface area contributed by atoms with Crippen LogP contribution in [0.25, 0.3) is 0 Å². The number of hydrogen-bond donors (Lipinski definition) is 2. The smallest absolute Gasteiger partial charge is 0.416 e. The van der Waals surface area contributed by atoms with Crippen molar-refractivity contribution in [2.24, 2.45) is 5.92 Å². The van der Waals surface area contributed by atoms with Crippen molar-refractivity contribution >= 4 is 17.7 Å². The van der Waals surface area contributed by atoms with Gasteiger partial charge in [-0.2, -0.15) is 13.2 Å².